The molecule has 3 aliphatic rings. The quantitative estimate of drug-likeness (QED) is 0.158. The van der Waals surface area contributed by atoms with Gasteiger partial charge >= 0.3 is 0 Å². The Kier molecular flexibility index (Phi) is 9.80. The van der Waals surface area contributed by atoms with E-state index in [0.29, 0.717) is 0 Å². The second-order valence-corrected chi connectivity index (χ2v) is 21.0. The summed E-state index contributed by atoms with van der Waals surface area (Å²) in [5.41, 5.74) is 21.7. The highest BCUT2D eigenvalue weighted by atomic mass is 16.5. The average Bonchev–Trinajstić information content (AvgIpc) is 3.66. The first kappa shape index (κ1) is 44.3. The first-order valence-electron chi connectivity index (χ1n) is 27.1. The molecule has 2 heteroatoms. The number of rotatable bonds is 7. The molecular weight excluding hydrogens is 943 g/mol. The van der Waals surface area contributed by atoms with Crippen LogP contribution in [0.2, 0.25) is 0 Å². The molecule has 0 aromatic heterocycles. The van der Waals surface area contributed by atoms with E-state index in [1.807, 2.05) is 0 Å². The summed E-state index contributed by atoms with van der Waals surface area (Å²) in [6, 6.07) is 110. The molecule has 2 aliphatic carbocycles. The van der Waals surface area contributed by atoms with Gasteiger partial charge in [-0.25, -0.2) is 0 Å². The Hall–Kier alpha value is -10.0. The number of nitrogens with zero attached hydrogens (tertiary/aromatic N) is 1. The van der Waals surface area contributed by atoms with Gasteiger partial charge in [0.25, 0.3) is 0 Å². The molecule has 13 aromatic rings. The highest BCUT2D eigenvalue weighted by molar-refractivity contribution is 6.03. The molecule has 1 spiro atoms. The van der Waals surface area contributed by atoms with Crippen LogP contribution in [0.3, 0.4) is 0 Å². The van der Waals surface area contributed by atoms with E-state index < -0.39 is 10.8 Å². The van der Waals surface area contributed by atoms with Crippen molar-refractivity contribution in [3.63, 3.8) is 0 Å². The van der Waals surface area contributed by atoms with Crippen molar-refractivity contribution in [1.29, 1.82) is 0 Å². The molecule has 1 aliphatic heterocycles. The van der Waals surface area contributed by atoms with Gasteiger partial charge in [-0.1, -0.05) is 267 Å². The predicted molar refractivity (Wildman–Crippen MR) is 322 cm³/mol. The van der Waals surface area contributed by atoms with Gasteiger partial charge in [-0.2, -0.15) is 0 Å². The van der Waals surface area contributed by atoms with Crippen molar-refractivity contribution in [3.05, 3.63) is 342 Å². The van der Waals surface area contributed by atoms with E-state index in [4.69, 9.17) is 4.74 Å². The third-order valence-electron chi connectivity index (χ3n) is 17.2. The van der Waals surface area contributed by atoms with Gasteiger partial charge in [0.05, 0.1) is 16.5 Å². The summed E-state index contributed by atoms with van der Waals surface area (Å²) < 4.78 is 7.27. The van der Waals surface area contributed by atoms with Crippen LogP contribution in [0, 0.1) is 0 Å². The van der Waals surface area contributed by atoms with E-state index in [2.05, 4.69) is 302 Å². The fourth-order valence-electron chi connectivity index (χ4n) is 14.0. The molecule has 0 bridgehead atoms. The molecule has 0 amide bonds. The van der Waals surface area contributed by atoms with Crippen LogP contribution in [0.15, 0.2) is 297 Å². The predicted octanol–water partition coefficient (Wildman–Crippen LogP) is 19.6. The van der Waals surface area contributed by atoms with Crippen molar-refractivity contribution in [2.75, 3.05) is 4.90 Å². The van der Waals surface area contributed by atoms with E-state index in [9.17, 15) is 0 Å². The lowest BCUT2D eigenvalue weighted by molar-refractivity contribution is 0.447. The van der Waals surface area contributed by atoms with Gasteiger partial charge in [-0.05, 0) is 113 Å². The van der Waals surface area contributed by atoms with E-state index >= 15 is 0 Å². The maximum atomic E-state index is 7.27. The molecule has 0 fully saturated rings. The summed E-state index contributed by atoms with van der Waals surface area (Å²) >= 11 is 0. The summed E-state index contributed by atoms with van der Waals surface area (Å²) in [4.78, 5) is 2.48. The van der Waals surface area contributed by atoms with Gasteiger partial charge < -0.3 is 9.64 Å². The molecule has 364 valence electrons. The maximum absolute atomic E-state index is 7.27. The summed E-state index contributed by atoms with van der Waals surface area (Å²) in [7, 11) is 0. The Morgan fingerprint density at radius 2 is 0.679 bits per heavy atom. The Morgan fingerprint density at radius 3 is 1.27 bits per heavy atom. The van der Waals surface area contributed by atoms with Crippen LogP contribution >= 0.6 is 0 Å². The molecular formula is C76H49NO. The van der Waals surface area contributed by atoms with Crippen molar-refractivity contribution in [2.24, 2.45) is 0 Å². The number of benzene rings is 13. The summed E-state index contributed by atoms with van der Waals surface area (Å²) in [5, 5.41) is 4.55. The lowest BCUT2D eigenvalue weighted by Crippen LogP contribution is -2.32. The van der Waals surface area contributed by atoms with Gasteiger partial charge in [0.15, 0.2) is 0 Å². The SMILES string of the molecule is c1ccc(-c2ccc(N(c3ccc(-c4cccc5c4-c4ccccc4C54c5ccc6ccccc6c5Oc5c4ccc4ccccc54)cc3)c3cccc4c3-c3ccccc3C4(c3ccccc3)c3ccccc3)cc2)cc1. The van der Waals surface area contributed by atoms with E-state index in [1.54, 1.807) is 0 Å². The van der Waals surface area contributed by atoms with Crippen LogP contribution in [0.5, 0.6) is 11.5 Å². The molecule has 0 N–H and O–H groups in total. The van der Waals surface area contributed by atoms with Crippen LogP contribution in [0.4, 0.5) is 17.1 Å². The average molecular weight is 992 g/mol. The zero-order chi connectivity index (χ0) is 51.4. The molecule has 0 unspecified atom stereocenters. The number of hydrogen-bond donors (Lipinski definition) is 0. The van der Waals surface area contributed by atoms with Gasteiger partial charge in [-0.15, -0.1) is 0 Å². The van der Waals surface area contributed by atoms with Crippen molar-refractivity contribution < 1.29 is 4.74 Å². The van der Waals surface area contributed by atoms with Gasteiger partial charge in [-0.3, -0.25) is 0 Å². The monoisotopic (exact) mass is 991 g/mol. The smallest absolute Gasteiger partial charge is 0.140 e. The topological polar surface area (TPSA) is 12.5 Å². The largest absolute Gasteiger partial charge is 0.455 e. The molecule has 13 aromatic carbocycles. The fraction of sp³-hybridized carbons (Fsp3) is 0.0263. The number of ether oxygens (including phenoxy) is 1. The van der Waals surface area contributed by atoms with Crippen LogP contribution in [0.25, 0.3) is 66.1 Å². The highest BCUT2D eigenvalue weighted by Gasteiger charge is 2.53. The lowest BCUT2D eigenvalue weighted by Gasteiger charge is -2.40. The lowest BCUT2D eigenvalue weighted by atomic mass is 9.65. The van der Waals surface area contributed by atoms with Gasteiger partial charge in [0.2, 0.25) is 0 Å². The minimum absolute atomic E-state index is 0.538. The first-order valence-corrected chi connectivity index (χ1v) is 27.1. The summed E-state index contributed by atoms with van der Waals surface area (Å²) in [6.07, 6.45) is 0. The first-order chi connectivity index (χ1) is 38.7. The molecule has 0 atom stereocenters. The maximum Gasteiger partial charge on any atom is 0.140 e. The van der Waals surface area contributed by atoms with Crippen LogP contribution in [-0.2, 0) is 10.8 Å². The summed E-state index contributed by atoms with van der Waals surface area (Å²) in [5.74, 6) is 1.84. The van der Waals surface area contributed by atoms with E-state index in [1.165, 1.54) is 72.3 Å². The van der Waals surface area contributed by atoms with Gasteiger partial charge in [0, 0.05) is 38.8 Å². The second kappa shape index (κ2) is 17.3. The van der Waals surface area contributed by atoms with Crippen molar-refractivity contribution in [2.45, 2.75) is 10.8 Å². The summed E-state index contributed by atoms with van der Waals surface area (Å²) in [6.45, 7) is 0. The fourth-order valence-corrected chi connectivity index (χ4v) is 14.0. The third-order valence-corrected chi connectivity index (χ3v) is 17.2. The Balaban J connectivity index is 0.903. The molecule has 16 rings (SSSR count). The van der Waals surface area contributed by atoms with Crippen molar-refractivity contribution >= 4 is 38.6 Å². The van der Waals surface area contributed by atoms with Crippen molar-refractivity contribution in [3.8, 4) is 56.0 Å². The van der Waals surface area contributed by atoms with E-state index in [-0.39, 0.29) is 0 Å². The molecule has 78 heavy (non-hydrogen) atoms. The Morgan fingerprint density at radius 1 is 0.256 bits per heavy atom. The van der Waals surface area contributed by atoms with Gasteiger partial charge in [0.1, 0.15) is 11.5 Å². The molecule has 0 saturated carbocycles. The second-order valence-electron chi connectivity index (χ2n) is 21.0. The molecule has 2 nitrogen and oxygen atoms in total. The molecule has 0 radical (unpaired) electrons. The molecule has 0 saturated heterocycles. The third kappa shape index (κ3) is 6.20. The minimum Gasteiger partial charge on any atom is -0.455 e. The zero-order valence-corrected chi connectivity index (χ0v) is 42.6. The number of hydrogen-bond acceptors (Lipinski definition) is 2. The molecule has 1 heterocycles. The van der Waals surface area contributed by atoms with Crippen molar-refractivity contribution in [1.82, 2.24) is 0 Å². The van der Waals surface area contributed by atoms with Crippen LogP contribution in [-0.4, -0.2) is 0 Å². The standard InChI is InChI=1S/C76H49NO/c1-4-20-50(21-5-1)51-38-44-57(45-39-51)77(70-37-19-36-67-72(70)63-31-15-16-33-64(63)75(67,55-24-6-2-7-25-55)56-26-8-3-9-27-56)58-46-40-54(41-47-58)59-32-18-35-66-71(59)62-30-14-17-34-65(62)76(66)68-48-42-52-22-10-12-28-60(52)73(68)78-74-61-29-13-11-23-53(61)43-49-69(74)76/h1-49H. The normalized spacial score (nSPS) is 13.7. The Bertz CT molecular complexity index is 4380. The van der Waals surface area contributed by atoms with Crippen LogP contribution in [0.1, 0.15) is 44.5 Å². The zero-order valence-electron chi connectivity index (χ0n) is 42.6. The number of fused-ring (bicyclic) bond motifs is 16. The number of anilines is 3. The minimum atomic E-state index is -0.639. The highest BCUT2D eigenvalue weighted by Crippen LogP contribution is 2.65. The Labute approximate surface area is 454 Å². The van der Waals surface area contributed by atoms with E-state index in [0.717, 1.165) is 66.8 Å². The van der Waals surface area contributed by atoms with Crippen LogP contribution < -0.4 is 9.64 Å².